The number of carbonyl (C=O) groups is 2. The van der Waals surface area contributed by atoms with Crippen molar-refractivity contribution in [2.24, 2.45) is 0 Å². The van der Waals surface area contributed by atoms with Crippen molar-refractivity contribution in [2.45, 2.75) is 26.3 Å². The highest BCUT2D eigenvalue weighted by Gasteiger charge is 2.32. The van der Waals surface area contributed by atoms with E-state index in [2.05, 4.69) is 4.74 Å². The van der Waals surface area contributed by atoms with Crippen LogP contribution in [0.3, 0.4) is 0 Å². The number of ketones is 1. The molecule has 0 unspecified atom stereocenters. The zero-order chi connectivity index (χ0) is 26.9. The van der Waals surface area contributed by atoms with Crippen LogP contribution in [0.5, 0.6) is 17.2 Å². The molecule has 0 amide bonds. The normalized spacial score (nSPS) is 12.3. The first-order chi connectivity index (χ1) is 17.5. The smallest absolute Gasteiger partial charge is 0.497 e. The third-order valence-electron chi connectivity index (χ3n) is 5.73. The molecule has 7 nitrogen and oxygen atoms in total. The number of carbonyl (C=O) groups excluding carboxylic acids is 1. The molecular weight excluding hydrogens is 491 g/mol. The molecule has 37 heavy (non-hydrogen) atoms. The number of benzene rings is 3. The maximum absolute atomic E-state index is 13.6. The molecule has 1 atom stereocenters. The van der Waals surface area contributed by atoms with E-state index in [0.717, 1.165) is 6.07 Å². The van der Waals surface area contributed by atoms with E-state index < -0.39 is 24.2 Å². The molecule has 0 spiro atoms. The molecule has 0 aliphatic heterocycles. The van der Waals surface area contributed by atoms with Crippen LogP contribution in [0.15, 0.2) is 66.7 Å². The van der Waals surface area contributed by atoms with Crippen molar-refractivity contribution < 1.29 is 42.1 Å². The molecule has 0 aliphatic rings. The topological polar surface area (TPSA) is 87.0 Å². The fourth-order valence-electron chi connectivity index (χ4n) is 4.05. The van der Waals surface area contributed by atoms with Crippen LogP contribution in [0.1, 0.15) is 28.5 Å². The number of aliphatic carboxylic acids is 1. The van der Waals surface area contributed by atoms with Crippen LogP contribution in [-0.2, 0) is 4.79 Å². The molecule has 4 aromatic rings. The van der Waals surface area contributed by atoms with Crippen LogP contribution in [-0.4, -0.2) is 41.0 Å². The largest absolute Gasteiger partial charge is 0.573 e. The van der Waals surface area contributed by atoms with E-state index in [1.54, 1.807) is 60.0 Å². The monoisotopic (exact) mass is 513 g/mol. The summed E-state index contributed by atoms with van der Waals surface area (Å²) in [4.78, 5) is 24.8. The lowest BCUT2D eigenvalue weighted by atomic mass is 10.0. The molecule has 10 heteroatoms. The van der Waals surface area contributed by atoms with Crippen molar-refractivity contribution in [3.8, 4) is 22.9 Å². The lowest BCUT2D eigenvalue weighted by molar-refractivity contribution is -0.274. The van der Waals surface area contributed by atoms with Crippen molar-refractivity contribution in [1.29, 1.82) is 0 Å². The fraction of sp³-hybridized carbons (Fsp3) is 0.185. The van der Waals surface area contributed by atoms with Gasteiger partial charge < -0.3 is 23.9 Å². The predicted octanol–water partition coefficient (Wildman–Crippen LogP) is 5.93. The van der Waals surface area contributed by atoms with E-state index in [-0.39, 0.29) is 11.5 Å². The summed E-state index contributed by atoms with van der Waals surface area (Å²) in [6.45, 7) is 3.05. The average Bonchev–Trinajstić information content (AvgIpc) is 3.13. The van der Waals surface area contributed by atoms with E-state index in [4.69, 9.17) is 14.6 Å². The maximum Gasteiger partial charge on any atom is 0.573 e. The van der Waals surface area contributed by atoms with Crippen LogP contribution < -0.4 is 14.2 Å². The van der Waals surface area contributed by atoms with Gasteiger partial charge >= 0.3 is 12.3 Å². The molecule has 0 fully saturated rings. The first-order valence-corrected chi connectivity index (χ1v) is 11.1. The average molecular weight is 513 g/mol. The Morgan fingerprint density at radius 3 is 2.24 bits per heavy atom. The van der Waals surface area contributed by atoms with E-state index in [1.165, 1.54) is 26.2 Å². The Balaban J connectivity index is 1.90. The fourth-order valence-corrected chi connectivity index (χ4v) is 4.05. The highest BCUT2D eigenvalue weighted by molar-refractivity contribution is 6.18. The van der Waals surface area contributed by atoms with Gasteiger partial charge in [0.1, 0.15) is 17.2 Å². The number of methoxy groups -OCH3 is 1. The van der Waals surface area contributed by atoms with Gasteiger partial charge in [-0.2, -0.15) is 0 Å². The van der Waals surface area contributed by atoms with Gasteiger partial charge in [-0.1, -0.05) is 6.07 Å². The predicted molar refractivity (Wildman–Crippen MR) is 129 cm³/mol. The molecule has 0 saturated heterocycles. The number of hydrogen-bond donors (Lipinski definition) is 1. The molecular formula is C27H22F3NO6. The number of aromatic nitrogens is 1. The second-order valence-corrected chi connectivity index (χ2v) is 8.18. The van der Waals surface area contributed by atoms with Crippen molar-refractivity contribution in [3.05, 3.63) is 83.6 Å². The summed E-state index contributed by atoms with van der Waals surface area (Å²) < 4.78 is 55.2. The van der Waals surface area contributed by atoms with Crippen LogP contribution in [0, 0.1) is 6.92 Å². The minimum atomic E-state index is -4.90. The van der Waals surface area contributed by atoms with Crippen LogP contribution in [0.4, 0.5) is 13.2 Å². The Kier molecular flexibility index (Phi) is 6.84. The Morgan fingerprint density at radius 2 is 1.62 bits per heavy atom. The molecule has 4 rings (SSSR count). The third kappa shape index (κ3) is 5.37. The van der Waals surface area contributed by atoms with Crippen molar-refractivity contribution in [2.75, 3.05) is 7.11 Å². The summed E-state index contributed by atoms with van der Waals surface area (Å²) in [7, 11) is 1.50. The van der Waals surface area contributed by atoms with Gasteiger partial charge in [0, 0.05) is 34.5 Å². The number of halogens is 3. The van der Waals surface area contributed by atoms with Gasteiger partial charge in [0.25, 0.3) is 0 Å². The molecule has 3 aromatic carbocycles. The molecule has 0 saturated carbocycles. The minimum Gasteiger partial charge on any atom is -0.497 e. The number of carboxylic acids is 1. The molecule has 0 bridgehead atoms. The third-order valence-corrected chi connectivity index (χ3v) is 5.73. The minimum absolute atomic E-state index is 0.236. The Hall–Kier alpha value is -4.47. The van der Waals surface area contributed by atoms with Gasteiger partial charge in [0.2, 0.25) is 0 Å². The standard InChI is InChI=1S/C27H22F3NO6/c1-15-24(25(32)17-7-9-19(35-3)10-8-17)22-12-11-21(37-27(28,29)30)14-23(22)31(15)18-5-4-6-20(13-18)36-16(2)26(33)34/h4-14,16H,1-3H3,(H,33,34)/t16-/m0/s1. The number of alkyl halides is 3. The van der Waals surface area contributed by atoms with E-state index >= 15 is 0 Å². The molecule has 1 N–H and O–H groups in total. The summed E-state index contributed by atoms with van der Waals surface area (Å²) in [6.07, 6.45) is -6.03. The van der Waals surface area contributed by atoms with Gasteiger partial charge in [-0.15, -0.1) is 13.2 Å². The van der Waals surface area contributed by atoms with Crippen molar-refractivity contribution in [1.82, 2.24) is 4.57 Å². The molecule has 0 aliphatic carbocycles. The highest BCUT2D eigenvalue weighted by Crippen LogP contribution is 2.35. The molecule has 1 heterocycles. The molecule has 1 aromatic heterocycles. The lowest BCUT2D eigenvalue weighted by Gasteiger charge is -2.14. The van der Waals surface area contributed by atoms with E-state index in [1.807, 2.05) is 0 Å². The number of nitrogens with zero attached hydrogens (tertiary/aromatic N) is 1. The van der Waals surface area contributed by atoms with Gasteiger partial charge in [-0.05, 0) is 62.4 Å². The van der Waals surface area contributed by atoms with Crippen molar-refractivity contribution in [3.63, 3.8) is 0 Å². The lowest BCUT2D eigenvalue weighted by Crippen LogP contribution is -2.22. The first-order valence-electron chi connectivity index (χ1n) is 11.1. The maximum atomic E-state index is 13.6. The summed E-state index contributed by atoms with van der Waals surface area (Å²) in [5.74, 6) is -1.14. The summed E-state index contributed by atoms with van der Waals surface area (Å²) in [5.41, 5.74) is 1.87. The number of hydrogen-bond acceptors (Lipinski definition) is 5. The second kappa shape index (κ2) is 9.88. The quantitative estimate of drug-likeness (QED) is 0.294. The SMILES string of the molecule is COc1ccc(C(=O)c2c(C)n(-c3cccc(O[C@@H](C)C(=O)O)c3)c3cc(OC(F)(F)F)ccc23)cc1. The van der Waals surface area contributed by atoms with Crippen LogP contribution in [0.2, 0.25) is 0 Å². The van der Waals surface area contributed by atoms with Gasteiger partial charge in [-0.25, -0.2) is 4.79 Å². The van der Waals surface area contributed by atoms with Gasteiger partial charge in [0.15, 0.2) is 11.9 Å². The zero-order valence-corrected chi connectivity index (χ0v) is 20.0. The number of carboxylic acid groups (broad SMARTS) is 1. The Bertz CT molecular complexity index is 1470. The number of rotatable bonds is 8. The summed E-state index contributed by atoms with van der Waals surface area (Å²) in [5, 5.41) is 9.58. The van der Waals surface area contributed by atoms with E-state index in [0.29, 0.717) is 39.2 Å². The number of ether oxygens (including phenoxy) is 3. The van der Waals surface area contributed by atoms with E-state index in [9.17, 15) is 22.8 Å². The van der Waals surface area contributed by atoms with Crippen LogP contribution in [0.25, 0.3) is 16.6 Å². The molecule has 192 valence electrons. The molecule has 0 radical (unpaired) electrons. The Labute approximate surface area is 209 Å². The highest BCUT2D eigenvalue weighted by atomic mass is 19.4. The zero-order valence-electron chi connectivity index (χ0n) is 20.0. The summed E-state index contributed by atoms with van der Waals surface area (Å²) >= 11 is 0. The summed E-state index contributed by atoms with van der Waals surface area (Å²) in [6, 6.07) is 16.6. The van der Waals surface area contributed by atoms with Gasteiger partial charge in [0.05, 0.1) is 18.2 Å². The van der Waals surface area contributed by atoms with Crippen molar-refractivity contribution >= 4 is 22.7 Å². The van der Waals surface area contributed by atoms with Gasteiger partial charge in [-0.3, -0.25) is 4.79 Å². The number of fused-ring (bicyclic) bond motifs is 1. The Morgan fingerprint density at radius 1 is 0.946 bits per heavy atom. The second-order valence-electron chi connectivity index (χ2n) is 8.18. The first kappa shape index (κ1) is 25.6. The van der Waals surface area contributed by atoms with Crippen LogP contribution >= 0.6 is 0 Å².